The number of rotatable bonds is 2. The number of carbonyl (C=O) groups excluding carboxylic acids is 1. The van der Waals surface area contributed by atoms with Crippen LogP contribution in [0.2, 0.25) is 0 Å². The second-order valence-electron chi connectivity index (χ2n) is 3.01. The molecule has 1 aromatic rings. The molecule has 90 valence electrons. The normalized spacial score (nSPS) is 10.8. The Bertz CT molecular complexity index is 505. The average Bonchev–Trinajstić information content (AvgIpc) is 2.18. The number of ketones is 1. The Morgan fingerprint density at radius 3 is 2.47 bits per heavy atom. The van der Waals surface area contributed by atoms with E-state index in [4.69, 9.17) is 5.26 Å². The summed E-state index contributed by atoms with van der Waals surface area (Å²) in [6.07, 6.45) is -4.93. The van der Waals surface area contributed by atoms with Crippen LogP contribution in [-0.2, 0) is 0 Å². The lowest BCUT2D eigenvalue weighted by molar-refractivity contribution is -0.275. The highest BCUT2D eigenvalue weighted by molar-refractivity contribution is 9.10. The first kappa shape index (κ1) is 13.5. The molecule has 0 aliphatic carbocycles. The van der Waals surface area contributed by atoms with E-state index in [1.807, 2.05) is 0 Å². The van der Waals surface area contributed by atoms with Crippen LogP contribution in [0.15, 0.2) is 16.6 Å². The summed E-state index contributed by atoms with van der Waals surface area (Å²) in [7, 11) is 0. The minimum atomic E-state index is -4.93. The summed E-state index contributed by atoms with van der Waals surface area (Å²) >= 11 is 2.84. The molecule has 0 fully saturated rings. The summed E-state index contributed by atoms with van der Waals surface area (Å²) in [5.74, 6) is -1.21. The predicted octanol–water partition coefficient (Wildman–Crippen LogP) is 3.42. The topological polar surface area (TPSA) is 50.1 Å². The van der Waals surface area contributed by atoms with E-state index in [9.17, 15) is 18.0 Å². The highest BCUT2D eigenvalue weighted by Gasteiger charge is 2.34. The zero-order chi connectivity index (χ0) is 13.2. The van der Waals surface area contributed by atoms with Gasteiger partial charge in [0.2, 0.25) is 0 Å². The number of nitriles is 1. The highest BCUT2D eigenvalue weighted by Crippen LogP contribution is 2.35. The molecule has 0 radical (unpaired) electrons. The number of benzene rings is 1. The highest BCUT2D eigenvalue weighted by atomic mass is 79.9. The molecule has 7 heteroatoms. The van der Waals surface area contributed by atoms with Gasteiger partial charge in [-0.1, -0.05) is 0 Å². The number of hydrogen-bond acceptors (Lipinski definition) is 3. The fourth-order valence-corrected chi connectivity index (χ4v) is 1.59. The van der Waals surface area contributed by atoms with Gasteiger partial charge in [-0.3, -0.25) is 4.79 Å². The number of nitrogens with zero attached hydrogens (tertiary/aromatic N) is 1. The molecule has 1 rings (SSSR count). The van der Waals surface area contributed by atoms with E-state index < -0.39 is 23.5 Å². The predicted molar refractivity (Wildman–Crippen MR) is 55.5 cm³/mol. The Kier molecular flexibility index (Phi) is 3.78. The summed E-state index contributed by atoms with van der Waals surface area (Å²) in [5.41, 5.74) is -0.556. The second-order valence-corrected chi connectivity index (χ2v) is 3.87. The Balaban J connectivity index is 3.42. The maximum atomic E-state index is 12.1. The van der Waals surface area contributed by atoms with Crippen LogP contribution in [-0.4, -0.2) is 12.1 Å². The van der Waals surface area contributed by atoms with E-state index in [0.717, 1.165) is 6.92 Å². The standard InChI is InChI=1S/C10H5BrF3NO2/c1-5(16)6-2-3-8(11)9(7(6)4-15)17-10(12,13)14/h2-3H,1H3. The average molecular weight is 308 g/mol. The third kappa shape index (κ3) is 3.20. The maximum absolute atomic E-state index is 12.1. The van der Waals surface area contributed by atoms with Crippen molar-refractivity contribution >= 4 is 21.7 Å². The van der Waals surface area contributed by atoms with Crippen LogP contribution in [0.5, 0.6) is 5.75 Å². The largest absolute Gasteiger partial charge is 0.573 e. The first-order chi connectivity index (χ1) is 7.76. The summed E-state index contributed by atoms with van der Waals surface area (Å²) < 4.78 is 40.1. The molecule has 0 atom stereocenters. The molecule has 0 spiro atoms. The Labute approximate surface area is 103 Å². The molecule has 0 aliphatic heterocycles. The molecular formula is C10H5BrF3NO2. The molecule has 0 amide bonds. The van der Waals surface area contributed by atoms with Gasteiger partial charge < -0.3 is 4.74 Å². The number of Topliss-reactive ketones (excluding diaryl/α,β-unsaturated/α-hetero) is 1. The van der Waals surface area contributed by atoms with Crippen molar-refractivity contribution in [1.29, 1.82) is 5.26 Å². The molecule has 0 heterocycles. The van der Waals surface area contributed by atoms with Gasteiger partial charge in [0.1, 0.15) is 11.6 Å². The van der Waals surface area contributed by atoms with Crippen molar-refractivity contribution in [2.24, 2.45) is 0 Å². The van der Waals surface area contributed by atoms with E-state index in [0.29, 0.717) is 0 Å². The third-order valence-corrected chi connectivity index (χ3v) is 2.44. The number of ether oxygens (including phenoxy) is 1. The smallest absolute Gasteiger partial charge is 0.403 e. The Morgan fingerprint density at radius 1 is 1.47 bits per heavy atom. The van der Waals surface area contributed by atoms with E-state index in [2.05, 4.69) is 20.7 Å². The fourth-order valence-electron chi connectivity index (χ4n) is 1.18. The molecule has 0 unspecified atom stereocenters. The number of halogens is 4. The van der Waals surface area contributed by atoms with Crippen molar-refractivity contribution in [2.45, 2.75) is 13.3 Å². The second kappa shape index (κ2) is 4.75. The molecule has 0 saturated heterocycles. The molecule has 0 aromatic heterocycles. The van der Waals surface area contributed by atoms with Crippen molar-refractivity contribution in [1.82, 2.24) is 0 Å². The molecule has 3 nitrogen and oxygen atoms in total. The fraction of sp³-hybridized carbons (Fsp3) is 0.200. The molecular weight excluding hydrogens is 303 g/mol. The van der Waals surface area contributed by atoms with E-state index in [1.54, 1.807) is 0 Å². The lowest BCUT2D eigenvalue weighted by atomic mass is 10.0. The minimum Gasteiger partial charge on any atom is -0.403 e. The van der Waals surface area contributed by atoms with Crippen LogP contribution in [0.25, 0.3) is 0 Å². The molecule has 0 aliphatic rings. The van der Waals surface area contributed by atoms with E-state index in [1.165, 1.54) is 18.2 Å². The lowest BCUT2D eigenvalue weighted by Gasteiger charge is -2.13. The molecule has 1 aromatic carbocycles. The van der Waals surface area contributed by atoms with Crippen LogP contribution in [0, 0.1) is 11.3 Å². The lowest BCUT2D eigenvalue weighted by Crippen LogP contribution is -2.19. The van der Waals surface area contributed by atoms with Gasteiger partial charge in [0.05, 0.1) is 4.47 Å². The van der Waals surface area contributed by atoms with Gasteiger partial charge in [-0.05, 0) is 35.0 Å². The quantitative estimate of drug-likeness (QED) is 0.787. The summed E-state index contributed by atoms with van der Waals surface area (Å²) in [5, 5.41) is 8.80. The molecule has 17 heavy (non-hydrogen) atoms. The minimum absolute atomic E-state index is 0.0450. The number of carbonyl (C=O) groups is 1. The zero-order valence-electron chi connectivity index (χ0n) is 8.43. The monoisotopic (exact) mass is 307 g/mol. The van der Waals surface area contributed by atoms with Crippen molar-refractivity contribution in [3.63, 3.8) is 0 Å². The molecule has 0 bridgehead atoms. The zero-order valence-corrected chi connectivity index (χ0v) is 10.0. The summed E-state index contributed by atoms with van der Waals surface area (Å²) in [4.78, 5) is 11.2. The van der Waals surface area contributed by atoms with Crippen LogP contribution in [0.1, 0.15) is 22.8 Å². The number of alkyl halides is 3. The molecule has 0 saturated carbocycles. The maximum Gasteiger partial charge on any atom is 0.573 e. The van der Waals surface area contributed by atoms with E-state index in [-0.39, 0.29) is 10.0 Å². The van der Waals surface area contributed by atoms with Crippen LogP contribution in [0.3, 0.4) is 0 Å². The van der Waals surface area contributed by atoms with Crippen LogP contribution in [0.4, 0.5) is 13.2 Å². The Morgan fingerprint density at radius 2 is 2.06 bits per heavy atom. The SMILES string of the molecule is CC(=O)c1ccc(Br)c(OC(F)(F)F)c1C#N. The van der Waals surface area contributed by atoms with Gasteiger partial charge in [0, 0.05) is 5.56 Å². The van der Waals surface area contributed by atoms with Gasteiger partial charge in [-0.25, -0.2) is 0 Å². The Hall–Kier alpha value is -1.55. The first-order valence-electron chi connectivity index (χ1n) is 4.25. The summed E-state index contributed by atoms with van der Waals surface area (Å²) in [6, 6.07) is 4.01. The van der Waals surface area contributed by atoms with Crippen molar-refractivity contribution in [2.75, 3.05) is 0 Å². The first-order valence-corrected chi connectivity index (χ1v) is 5.05. The third-order valence-electron chi connectivity index (χ3n) is 1.82. The van der Waals surface area contributed by atoms with Gasteiger partial charge in [-0.15, -0.1) is 13.2 Å². The summed E-state index contributed by atoms with van der Waals surface area (Å²) in [6.45, 7) is 1.15. The van der Waals surface area contributed by atoms with E-state index >= 15 is 0 Å². The van der Waals surface area contributed by atoms with Gasteiger partial charge in [0.15, 0.2) is 11.5 Å². The van der Waals surface area contributed by atoms with Crippen molar-refractivity contribution in [3.8, 4) is 11.8 Å². The molecule has 0 N–H and O–H groups in total. The van der Waals surface area contributed by atoms with Crippen LogP contribution < -0.4 is 4.74 Å². The number of hydrogen-bond donors (Lipinski definition) is 0. The van der Waals surface area contributed by atoms with Crippen LogP contribution >= 0.6 is 15.9 Å². The van der Waals surface area contributed by atoms with Crippen molar-refractivity contribution < 1.29 is 22.7 Å². The van der Waals surface area contributed by atoms with Crippen molar-refractivity contribution in [3.05, 3.63) is 27.7 Å². The van der Waals surface area contributed by atoms with Gasteiger partial charge in [-0.2, -0.15) is 5.26 Å². The van der Waals surface area contributed by atoms with Gasteiger partial charge in [0.25, 0.3) is 0 Å². The van der Waals surface area contributed by atoms with Gasteiger partial charge >= 0.3 is 6.36 Å².